The van der Waals surface area contributed by atoms with Gasteiger partial charge in [-0.2, -0.15) is 0 Å². The van der Waals surface area contributed by atoms with Crippen molar-refractivity contribution >= 4 is 12.2 Å². The molecule has 1 fully saturated rings. The summed E-state index contributed by atoms with van der Waals surface area (Å²) < 4.78 is 6.57. The second kappa shape index (κ2) is 5.07. The third-order valence-electron chi connectivity index (χ3n) is 3.64. The molecular weight excluding hydrogens is 246 g/mol. The zero-order valence-corrected chi connectivity index (χ0v) is 11.5. The molecule has 0 aromatic carbocycles. The number of fused-ring (bicyclic) bond motifs is 1. The van der Waals surface area contributed by atoms with Crippen LogP contribution in [0.5, 0.6) is 0 Å². The minimum atomic E-state index is 0.108. The molecule has 0 amide bonds. The standard InChI is InChI=1S/C13H19N3OS/c1-2-17-11(8-3-4-8)12-15-10-5-6-14-7-9(10)13(18)16-12/h8,11,14H,2-7H2,1H3,(H,15,16,18). The Hall–Kier alpha value is -0.780. The Kier molecular flexibility index (Phi) is 3.46. The van der Waals surface area contributed by atoms with Crippen LogP contribution in [-0.2, 0) is 17.7 Å². The van der Waals surface area contributed by atoms with Gasteiger partial charge in [-0.3, -0.25) is 0 Å². The molecule has 2 N–H and O–H groups in total. The largest absolute Gasteiger partial charge is 0.370 e. The van der Waals surface area contributed by atoms with E-state index in [1.807, 2.05) is 6.92 Å². The molecule has 0 bridgehead atoms. The van der Waals surface area contributed by atoms with Gasteiger partial charge < -0.3 is 15.0 Å². The van der Waals surface area contributed by atoms with E-state index in [0.717, 1.165) is 42.1 Å². The molecular formula is C13H19N3OS. The van der Waals surface area contributed by atoms with E-state index in [1.165, 1.54) is 18.5 Å². The predicted octanol–water partition coefficient (Wildman–Crippen LogP) is 2.27. The van der Waals surface area contributed by atoms with E-state index in [-0.39, 0.29) is 6.10 Å². The number of nitrogens with one attached hydrogen (secondary N) is 2. The normalized spacial score (nSPS) is 20.5. The van der Waals surface area contributed by atoms with Crippen LogP contribution in [-0.4, -0.2) is 23.1 Å². The number of aromatic nitrogens is 2. The second-order valence-electron chi connectivity index (χ2n) is 5.02. The van der Waals surface area contributed by atoms with Crippen LogP contribution in [0.25, 0.3) is 0 Å². The third kappa shape index (κ3) is 2.35. The molecule has 1 atom stereocenters. The Morgan fingerprint density at radius 1 is 1.50 bits per heavy atom. The van der Waals surface area contributed by atoms with Gasteiger partial charge >= 0.3 is 0 Å². The van der Waals surface area contributed by atoms with Crippen molar-refractivity contribution in [3.63, 3.8) is 0 Å². The van der Waals surface area contributed by atoms with Crippen LogP contribution in [0.3, 0.4) is 0 Å². The fraction of sp³-hybridized carbons (Fsp3) is 0.692. The maximum atomic E-state index is 5.84. The minimum absolute atomic E-state index is 0.108. The zero-order chi connectivity index (χ0) is 12.5. The van der Waals surface area contributed by atoms with Crippen LogP contribution in [0, 0.1) is 10.6 Å². The smallest absolute Gasteiger partial charge is 0.137 e. The number of hydrogen-bond donors (Lipinski definition) is 2. The molecule has 1 aliphatic carbocycles. The van der Waals surface area contributed by atoms with Gasteiger partial charge in [0.05, 0.1) is 0 Å². The Balaban J connectivity index is 1.96. The van der Waals surface area contributed by atoms with E-state index < -0.39 is 0 Å². The third-order valence-corrected chi connectivity index (χ3v) is 3.98. The number of nitrogens with zero attached hydrogens (tertiary/aromatic N) is 1. The van der Waals surface area contributed by atoms with E-state index >= 15 is 0 Å². The van der Waals surface area contributed by atoms with E-state index in [9.17, 15) is 0 Å². The maximum absolute atomic E-state index is 5.84. The lowest BCUT2D eigenvalue weighted by molar-refractivity contribution is 0.0397. The molecule has 1 saturated carbocycles. The van der Waals surface area contributed by atoms with Crippen LogP contribution in [0.4, 0.5) is 0 Å². The van der Waals surface area contributed by atoms with E-state index in [4.69, 9.17) is 17.0 Å². The quantitative estimate of drug-likeness (QED) is 0.820. The summed E-state index contributed by atoms with van der Waals surface area (Å²) in [5, 5.41) is 3.33. The molecule has 0 spiro atoms. The molecule has 2 heterocycles. The molecule has 1 aromatic rings. The van der Waals surface area contributed by atoms with Crippen molar-refractivity contribution < 1.29 is 4.74 Å². The van der Waals surface area contributed by atoms with Gasteiger partial charge in [-0.05, 0) is 25.7 Å². The van der Waals surface area contributed by atoms with Crippen molar-refractivity contribution in [3.05, 3.63) is 21.7 Å². The van der Waals surface area contributed by atoms with Gasteiger partial charge in [0.2, 0.25) is 0 Å². The first-order valence-electron chi connectivity index (χ1n) is 6.74. The Bertz CT molecular complexity index is 495. The summed E-state index contributed by atoms with van der Waals surface area (Å²) in [5.41, 5.74) is 2.40. The summed E-state index contributed by atoms with van der Waals surface area (Å²) in [7, 11) is 0. The Morgan fingerprint density at radius 2 is 2.33 bits per heavy atom. The molecule has 2 aliphatic rings. The first kappa shape index (κ1) is 12.3. The summed E-state index contributed by atoms with van der Waals surface area (Å²) in [6.07, 6.45) is 3.59. The van der Waals surface area contributed by atoms with Crippen molar-refractivity contribution in [2.45, 2.75) is 38.8 Å². The molecule has 3 rings (SSSR count). The number of ether oxygens (including phenoxy) is 1. The van der Waals surface area contributed by atoms with Crippen LogP contribution < -0.4 is 5.32 Å². The number of H-pyrrole nitrogens is 1. The lowest BCUT2D eigenvalue weighted by Gasteiger charge is -2.21. The first-order chi connectivity index (χ1) is 8.79. The summed E-state index contributed by atoms with van der Waals surface area (Å²) in [6.45, 7) is 4.60. The van der Waals surface area contributed by atoms with Gasteiger partial charge in [0.1, 0.15) is 16.6 Å². The molecule has 1 aromatic heterocycles. The minimum Gasteiger partial charge on any atom is -0.370 e. The van der Waals surface area contributed by atoms with Crippen molar-refractivity contribution in [1.29, 1.82) is 0 Å². The molecule has 1 aliphatic heterocycles. The summed E-state index contributed by atoms with van der Waals surface area (Å²) in [4.78, 5) is 8.03. The van der Waals surface area contributed by atoms with Crippen LogP contribution in [0.15, 0.2) is 0 Å². The predicted molar refractivity (Wildman–Crippen MR) is 71.9 cm³/mol. The van der Waals surface area contributed by atoms with Crippen molar-refractivity contribution in [2.75, 3.05) is 13.2 Å². The Labute approximate surface area is 112 Å². The highest BCUT2D eigenvalue weighted by atomic mass is 32.1. The van der Waals surface area contributed by atoms with Crippen LogP contribution in [0.2, 0.25) is 0 Å². The summed E-state index contributed by atoms with van der Waals surface area (Å²) in [5.74, 6) is 1.56. The van der Waals surface area contributed by atoms with E-state index in [0.29, 0.717) is 5.92 Å². The maximum Gasteiger partial charge on any atom is 0.137 e. The highest BCUT2D eigenvalue weighted by molar-refractivity contribution is 7.71. The summed E-state index contributed by atoms with van der Waals surface area (Å²) >= 11 is 5.41. The second-order valence-corrected chi connectivity index (χ2v) is 5.41. The topological polar surface area (TPSA) is 49.9 Å². The van der Waals surface area contributed by atoms with Gasteiger partial charge in [0.25, 0.3) is 0 Å². The first-order valence-corrected chi connectivity index (χ1v) is 7.14. The molecule has 5 heteroatoms. The molecule has 1 unspecified atom stereocenters. The van der Waals surface area contributed by atoms with Crippen molar-refractivity contribution in [3.8, 4) is 0 Å². The van der Waals surface area contributed by atoms with Crippen molar-refractivity contribution in [1.82, 2.24) is 15.3 Å². The molecule has 0 saturated heterocycles. The number of aromatic amines is 1. The van der Waals surface area contributed by atoms with Gasteiger partial charge in [0, 0.05) is 37.4 Å². The molecule has 98 valence electrons. The Morgan fingerprint density at radius 3 is 3.06 bits per heavy atom. The van der Waals surface area contributed by atoms with Gasteiger partial charge in [0.15, 0.2) is 0 Å². The van der Waals surface area contributed by atoms with Crippen LogP contribution >= 0.6 is 12.2 Å². The number of rotatable bonds is 4. The summed E-state index contributed by atoms with van der Waals surface area (Å²) in [6, 6.07) is 0. The lowest BCUT2D eigenvalue weighted by Crippen LogP contribution is -2.26. The zero-order valence-electron chi connectivity index (χ0n) is 10.7. The average Bonchev–Trinajstić information content (AvgIpc) is 3.20. The number of hydrogen-bond acceptors (Lipinski definition) is 4. The fourth-order valence-electron chi connectivity index (χ4n) is 2.54. The highest BCUT2D eigenvalue weighted by Crippen LogP contribution is 2.42. The van der Waals surface area contributed by atoms with Gasteiger partial charge in [-0.1, -0.05) is 12.2 Å². The highest BCUT2D eigenvalue weighted by Gasteiger charge is 2.35. The molecule has 0 radical (unpaired) electrons. The fourth-order valence-corrected chi connectivity index (χ4v) is 2.83. The lowest BCUT2D eigenvalue weighted by atomic mass is 10.1. The van der Waals surface area contributed by atoms with E-state index in [1.54, 1.807) is 0 Å². The van der Waals surface area contributed by atoms with Crippen LogP contribution in [0.1, 0.15) is 43.0 Å². The van der Waals surface area contributed by atoms with E-state index in [2.05, 4.69) is 15.3 Å². The van der Waals surface area contributed by atoms with Gasteiger partial charge in [-0.15, -0.1) is 0 Å². The monoisotopic (exact) mass is 265 g/mol. The van der Waals surface area contributed by atoms with Crippen molar-refractivity contribution in [2.24, 2.45) is 5.92 Å². The van der Waals surface area contributed by atoms with Gasteiger partial charge in [-0.25, -0.2) is 4.98 Å². The molecule has 4 nitrogen and oxygen atoms in total. The molecule has 18 heavy (non-hydrogen) atoms. The SMILES string of the molecule is CCOC(c1nc(=S)c2c([nH]1)CCNC2)C1CC1. The average molecular weight is 265 g/mol.